The van der Waals surface area contributed by atoms with Gasteiger partial charge in [-0.25, -0.2) is 14.2 Å². The van der Waals surface area contributed by atoms with Gasteiger partial charge in [0, 0.05) is 22.5 Å². The second kappa shape index (κ2) is 10.3. The molecule has 2 heterocycles. The summed E-state index contributed by atoms with van der Waals surface area (Å²) in [4.78, 5) is 21.7. The van der Waals surface area contributed by atoms with Crippen LogP contribution in [0.15, 0.2) is 89.2 Å². The maximum atomic E-state index is 14.4. The molecule has 0 saturated heterocycles. The molecule has 1 unspecified atom stereocenters. The zero-order valence-corrected chi connectivity index (χ0v) is 18.6. The zero-order valence-electron chi connectivity index (χ0n) is 17.8. The van der Waals surface area contributed by atoms with Crippen molar-refractivity contribution in [3.63, 3.8) is 0 Å². The first-order chi connectivity index (χ1) is 16.0. The van der Waals surface area contributed by atoms with Crippen molar-refractivity contribution in [1.82, 2.24) is 10.3 Å². The molecule has 168 valence electrons. The minimum Gasteiger partial charge on any atom is -0.490 e. The van der Waals surface area contributed by atoms with Gasteiger partial charge < -0.3 is 14.8 Å². The number of benzene rings is 2. The topological polar surface area (TPSA) is 72.8 Å². The molecule has 1 aromatic heterocycles. The summed E-state index contributed by atoms with van der Waals surface area (Å²) in [6, 6.07) is 18.3. The summed E-state index contributed by atoms with van der Waals surface area (Å²) in [5.74, 6) is -0.201. The number of amidine groups is 1. The highest BCUT2D eigenvalue weighted by Crippen LogP contribution is 2.35. The number of nitrogens with zero attached hydrogens (tertiary/aromatic N) is 2. The number of allylic oxidation sites excluding steroid dienone is 1. The third kappa shape index (κ3) is 5.21. The van der Waals surface area contributed by atoms with Gasteiger partial charge in [0.25, 0.3) is 0 Å². The van der Waals surface area contributed by atoms with E-state index in [1.807, 2.05) is 30.3 Å². The maximum Gasteiger partial charge on any atom is 0.338 e. The first kappa shape index (κ1) is 22.5. The van der Waals surface area contributed by atoms with Crippen LogP contribution in [0, 0.1) is 5.82 Å². The van der Waals surface area contributed by atoms with Crippen LogP contribution in [0.2, 0.25) is 5.02 Å². The Hall–Kier alpha value is -3.71. The third-order valence-corrected chi connectivity index (χ3v) is 5.32. The normalized spacial score (nSPS) is 15.5. The molecule has 0 aliphatic carbocycles. The fourth-order valence-electron chi connectivity index (χ4n) is 3.43. The van der Waals surface area contributed by atoms with E-state index < -0.39 is 17.8 Å². The monoisotopic (exact) mass is 465 g/mol. The lowest BCUT2D eigenvalue weighted by Gasteiger charge is -2.26. The highest BCUT2D eigenvalue weighted by Gasteiger charge is 2.32. The number of hydrogen-bond donors (Lipinski definition) is 1. The molecule has 0 bridgehead atoms. The van der Waals surface area contributed by atoms with E-state index in [1.165, 1.54) is 18.3 Å². The minimum absolute atomic E-state index is 0.0468. The highest BCUT2D eigenvalue weighted by atomic mass is 35.5. The van der Waals surface area contributed by atoms with Crippen LogP contribution in [-0.4, -0.2) is 30.0 Å². The van der Waals surface area contributed by atoms with Gasteiger partial charge in [-0.15, -0.1) is 0 Å². The fourth-order valence-corrected chi connectivity index (χ4v) is 3.67. The van der Waals surface area contributed by atoms with Gasteiger partial charge in [0.1, 0.15) is 30.7 Å². The van der Waals surface area contributed by atoms with E-state index in [0.717, 1.165) is 0 Å². The van der Waals surface area contributed by atoms with Gasteiger partial charge in [-0.05, 0) is 37.3 Å². The van der Waals surface area contributed by atoms with E-state index in [-0.39, 0.29) is 30.3 Å². The second-order valence-electron chi connectivity index (χ2n) is 7.20. The summed E-state index contributed by atoms with van der Waals surface area (Å²) in [7, 11) is 0. The molecule has 2 aromatic carbocycles. The minimum atomic E-state index is -0.793. The summed E-state index contributed by atoms with van der Waals surface area (Å²) in [6.07, 6.45) is 1.47. The van der Waals surface area contributed by atoms with E-state index in [0.29, 0.717) is 22.0 Å². The van der Waals surface area contributed by atoms with Crippen molar-refractivity contribution >= 4 is 23.4 Å². The molecular weight excluding hydrogens is 445 g/mol. The summed E-state index contributed by atoms with van der Waals surface area (Å²) in [5, 5.41) is 3.42. The standard InChI is InChI=1S/C25H21ClFN3O3/c1-16-21(25(31)33-15-14-32-17-8-3-2-4-9-17)22(18-10-5-6-11-19(18)26)30-24(29-16)23-20(27)12-7-13-28-23/h2-13,22H,14-15H2,1H3,(H,29,30). The first-order valence-corrected chi connectivity index (χ1v) is 10.7. The number of carbonyl (C=O) groups is 1. The van der Waals surface area contributed by atoms with Gasteiger partial charge in [0.15, 0.2) is 11.7 Å². The van der Waals surface area contributed by atoms with Gasteiger partial charge in [-0.3, -0.25) is 4.99 Å². The molecule has 8 heteroatoms. The van der Waals surface area contributed by atoms with Crippen LogP contribution < -0.4 is 10.1 Å². The Morgan fingerprint density at radius 1 is 1.06 bits per heavy atom. The van der Waals surface area contributed by atoms with Crippen LogP contribution in [0.3, 0.4) is 0 Å². The quantitative estimate of drug-likeness (QED) is 0.398. The Labute approximate surface area is 195 Å². The Bertz CT molecular complexity index is 1210. The predicted octanol–water partition coefficient (Wildman–Crippen LogP) is 4.86. The molecular formula is C25H21ClFN3O3. The Balaban J connectivity index is 1.57. The molecule has 0 amide bonds. The SMILES string of the molecule is CC1=C(C(=O)OCCOc2ccccc2)C(c2ccccc2Cl)N=C(c2ncccc2F)N1. The molecule has 6 nitrogen and oxygen atoms in total. The number of carbonyl (C=O) groups excluding carboxylic acids is 1. The molecule has 0 radical (unpaired) electrons. The van der Waals surface area contributed by atoms with E-state index >= 15 is 0 Å². The molecule has 1 N–H and O–H groups in total. The lowest BCUT2D eigenvalue weighted by molar-refractivity contribution is -0.140. The number of rotatable bonds is 7. The van der Waals surface area contributed by atoms with Crippen molar-refractivity contribution in [1.29, 1.82) is 0 Å². The van der Waals surface area contributed by atoms with E-state index in [2.05, 4.69) is 15.3 Å². The van der Waals surface area contributed by atoms with E-state index in [4.69, 9.17) is 21.1 Å². The number of aromatic nitrogens is 1. The highest BCUT2D eigenvalue weighted by molar-refractivity contribution is 6.31. The first-order valence-electron chi connectivity index (χ1n) is 10.3. The van der Waals surface area contributed by atoms with Gasteiger partial charge in [0.2, 0.25) is 0 Å². The Kier molecular flexibility index (Phi) is 7.00. The molecule has 1 aliphatic heterocycles. The molecule has 1 atom stereocenters. The van der Waals surface area contributed by atoms with Crippen molar-refractivity contribution in [2.24, 2.45) is 4.99 Å². The lowest BCUT2D eigenvalue weighted by Crippen LogP contribution is -2.34. The number of esters is 1. The molecule has 0 spiro atoms. The average molecular weight is 466 g/mol. The fraction of sp³-hybridized carbons (Fsp3) is 0.160. The molecule has 0 saturated carbocycles. The smallest absolute Gasteiger partial charge is 0.338 e. The van der Waals surface area contributed by atoms with Gasteiger partial charge in [-0.2, -0.15) is 0 Å². The number of pyridine rings is 1. The van der Waals surface area contributed by atoms with Crippen LogP contribution in [0.5, 0.6) is 5.75 Å². The average Bonchev–Trinajstić information content (AvgIpc) is 2.82. The second-order valence-corrected chi connectivity index (χ2v) is 7.60. The number of aliphatic imine (C=N–C) groups is 1. The van der Waals surface area contributed by atoms with Crippen molar-refractivity contribution in [3.05, 3.63) is 106 Å². The molecule has 3 aromatic rings. The molecule has 0 fully saturated rings. The lowest BCUT2D eigenvalue weighted by atomic mass is 9.95. The number of halogens is 2. The van der Waals surface area contributed by atoms with Crippen LogP contribution in [0.25, 0.3) is 0 Å². The van der Waals surface area contributed by atoms with Crippen molar-refractivity contribution < 1.29 is 18.7 Å². The van der Waals surface area contributed by atoms with Gasteiger partial charge >= 0.3 is 5.97 Å². The van der Waals surface area contributed by atoms with Gasteiger partial charge in [0.05, 0.1) is 5.57 Å². The number of ether oxygens (including phenoxy) is 2. The molecule has 1 aliphatic rings. The summed E-state index contributed by atoms with van der Waals surface area (Å²) in [6.45, 7) is 1.95. The zero-order chi connectivity index (χ0) is 23.2. The Morgan fingerprint density at radius 3 is 2.58 bits per heavy atom. The van der Waals surface area contributed by atoms with Crippen LogP contribution in [-0.2, 0) is 9.53 Å². The van der Waals surface area contributed by atoms with Crippen molar-refractivity contribution in [3.8, 4) is 5.75 Å². The Morgan fingerprint density at radius 2 is 1.82 bits per heavy atom. The van der Waals surface area contributed by atoms with Crippen LogP contribution >= 0.6 is 11.6 Å². The van der Waals surface area contributed by atoms with E-state index in [1.54, 1.807) is 31.2 Å². The van der Waals surface area contributed by atoms with Gasteiger partial charge in [-0.1, -0.05) is 48.0 Å². The predicted molar refractivity (Wildman–Crippen MR) is 124 cm³/mol. The van der Waals surface area contributed by atoms with Crippen molar-refractivity contribution in [2.75, 3.05) is 13.2 Å². The number of nitrogens with one attached hydrogen (secondary N) is 1. The summed E-state index contributed by atoms with van der Waals surface area (Å²) < 4.78 is 25.4. The van der Waals surface area contributed by atoms with Crippen LogP contribution in [0.1, 0.15) is 24.2 Å². The summed E-state index contributed by atoms with van der Waals surface area (Å²) >= 11 is 6.42. The number of para-hydroxylation sites is 1. The largest absolute Gasteiger partial charge is 0.490 e. The molecule has 33 heavy (non-hydrogen) atoms. The van der Waals surface area contributed by atoms with Crippen molar-refractivity contribution in [2.45, 2.75) is 13.0 Å². The number of hydrogen-bond acceptors (Lipinski definition) is 6. The van der Waals surface area contributed by atoms with Crippen LogP contribution in [0.4, 0.5) is 4.39 Å². The third-order valence-electron chi connectivity index (χ3n) is 4.97. The molecule has 4 rings (SSSR count). The summed E-state index contributed by atoms with van der Waals surface area (Å²) in [5.41, 5.74) is 1.41. The maximum absolute atomic E-state index is 14.4. The van der Waals surface area contributed by atoms with E-state index in [9.17, 15) is 9.18 Å².